The van der Waals surface area contributed by atoms with Crippen molar-refractivity contribution in [1.29, 1.82) is 0 Å². The van der Waals surface area contributed by atoms with Crippen LogP contribution in [0.15, 0.2) is 46.9 Å². The molecule has 0 radical (unpaired) electrons. The second kappa shape index (κ2) is 6.86. The fourth-order valence-electron chi connectivity index (χ4n) is 2.42. The minimum absolute atomic E-state index is 0.209. The number of hydrogen-bond donors (Lipinski definition) is 2. The molecular weight excluding hydrogens is 344 g/mol. The maximum absolute atomic E-state index is 12.5. The number of rotatable bonds is 5. The number of nitrogens with one attached hydrogen (secondary N) is 1. The average Bonchev–Trinajstić information content (AvgIpc) is 2.90. The third-order valence-corrected chi connectivity index (χ3v) is 3.81. The number of anilines is 1. The molecule has 3 N–H and O–H groups in total. The molecule has 1 aromatic heterocycles. The van der Waals surface area contributed by atoms with Gasteiger partial charge >= 0.3 is 0 Å². The van der Waals surface area contributed by atoms with E-state index in [9.17, 15) is 9.59 Å². The third kappa shape index (κ3) is 3.75. The highest BCUT2D eigenvalue weighted by molar-refractivity contribution is 6.31. The number of furan rings is 1. The Balaban J connectivity index is 1.82. The Labute approximate surface area is 148 Å². The molecule has 0 spiro atoms. The lowest BCUT2D eigenvalue weighted by molar-refractivity contribution is -0.119. The Kier molecular flexibility index (Phi) is 4.63. The van der Waals surface area contributed by atoms with E-state index in [4.69, 9.17) is 26.5 Å². The molecule has 2 amide bonds. The average molecular weight is 359 g/mol. The van der Waals surface area contributed by atoms with E-state index in [-0.39, 0.29) is 12.4 Å². The molecule has 6 nitrogen and oxygen atoms in total. The van der Waals surface area contributed by atoms with E-state index in [1.807, 2.05) is 0 Å². The van der Waals surface area contributed by atoms with Crippen molar-refractivity contribution in [2.45, 2.75) is 6.92 Å². The highest BCUT2D eigenvalue weighted by atomic mass is 35.5. The number of carbonyl (C=O) groups excluding carboxylic acids is 2. The van der Waals surface area contributed by atoms with Gasteiger partial charge in [0.1, 0.15) is 11.3 Å². The highest BCUT2D eigenvalue weighted by Gasteiger charge is 2.18. The van der Waals surface area contributed by atoms with Crippen LogP contribution in [0.2, 0.25) is 5.02 Å². The number of nitrogens with two attached hydrogens (primary N) is 1. The van der Waals surface area contributed by atoms with E-state index < -0.39 is 11.8 Å². The van der Waals surface area contributed by atoms with Crippen LogP contribution >= 0.6 is 11.6 Å². The molecule has 0 unspecified atom stereocenters. The molecular formula is C18H15ClN2O4. The van der Waals surface area contributed by atoms with Gasteiger partial charge < -0.3 is 20.2 Å². The van der Waals surface area contributed by atoms with Crippen LogP contribution in [-0.4, -0.2) is 18.4 Å². The molecule has 128 valence electrons. The number of hydrogen-bond acceptors (Lipinski definition) is 4. The Hall–Kier alpha value is -2.99. The summed E-state index contributed by atoms with van der Waals surface area (Å²) in [6.45, 7) is 1.56. The number of benzene rings is 2. The summed E-state index contributed by atoms with van der Waals surface area (Å²) in [5.41, 5.74) is 6.84. The molecule has 0 aliphatic carbocycles. The molecule has 2 aromatic carbocycles. The van der Waals surface area contributed by atoms with Gasteiger partial charge in [-0.25, -0.2) is 0 Å². The van der Waals surface area contributed by atoms with Gasteiger partial charge in [0.2, 0.25) is 0 Å². The zero-order valence-electron chi connectivity index (χ0n) is 13.3. The highest BCUT2D eigenvalue weighted by Crippen LogP contribution is 2.28. The van der Waals surface area contributed by atoms with Gasteiger partial charge in [-0.3, -0.25) is 9.59 Å². The van der Waals surface area contributed by atoms with Crippen molar-refractivity contribution >= 4 is 40.1 Å². The van der Waals surface area contributed by atoms with Crippen LogP contribution in [0.3, 0.4) is 0 Å². The summed E-state index contributed by atoms with van der Waals surface area (Å²) < 4.78 is 10.9. The van der Waals surface area contributed by atoms with Gasteiger partial charge in [0, 0.05) is 27.7 Å². The van der Waals surface area contributed by atoms with E-state index in [0.717, 1.165) is 5.39 Å². The number of amides is 2. The molecule has 3 aromatic rings. The van der Waals surface area contributed by atoms with Crippen LogP contribution in [0.5, 0.6) is 5.75 Å². The maximum atomic E-state index is 12.5. The van der Waals surface area contributed by atoms with Crippen molar-refractivity contribution in [3.8, 4) is 5.75 Å². The van der Waals surface area contributed by atoms with E-state index in [1.54, 1.807) is 49.4 Å². The van der Waals surface area contributed by atoms with Crippen LogP contribution in [0.25, 0.3) is 11.0 Å². The summed E-state index contributed by atoms with van der Waals surface area (Å²) in [4.78, 5) is 23.3. The van der Waals surface area contributed by atoms with Crippen LogP contribution in [0.4, 0.5) is 5.69 Å². The van der Waals surface area contributed by atoms with Crippen molar-refractivity contribution in [2.75, 3.05) is 11.9 Å². The quantitative estimate of drug-likeness (QED) is 0.729. The van der Waals surface area contributed by atoms with E-state index in [2.05, 4.69) is 5.32 Å². The molecule has 0 aliphatic heterocycles. The molecule has 1 heterocycles. The number of primary amides is 1. The minimum atomic E-state index is -0.578. The summed E-state index contributed by atoms with van der Waals surface area (Å²) in [5, 5.41) is 4.10. The van der Waals surface area contributed by atoms with E-state index in [1.165, 1.54) is 0 Å². The molecule has 0 fully saturated rings. The molecule has 0 aliphatic rings. The fourth-order valence-corrected chi connectivity index (χ4v) is 2.59. The molecule has 0 atom stereocenters. The van der Waals surface area contributed by atoms with Crippen molar-refractivity contribution in [3.63, 3.8) is 0 Å². The van der Waals surface area contributed by atoms with Crippen molar-refractivity contribution < 1.29 is 18.7 Å². The Morgan fingerprint density at radius 2 is 2.04 bits per heavy atom. The summed E-state index contributed by atoms with van der Waals surface area (Å²) in [5.74, 6) is -0.340. The van der Waals surface area contributed by atoms with Gasteiger partial charge in [-0.2, -0.15) is 0 Å². The number of ether oxygens (including phenoxy) is 1. The minimum Gasteiger partial charge on any atom is -0.484 e. The van der Waals surface area contributed by atoms with Crippen LogP contribution in [0.1, 0.15) is 16.1 Å². The fraction of sp³-hybridized carbons (Fsp3) is 0.111. The van der Waals surface area contributed by atoms with Crippen molar-refractivity contribution in [2.24, 2.45) is 5.73 Å². The number of carbonyl (C=O) groups is 2. The second-order valence-electron chi connectivity index (χ2n) is 5.43. The topological polar surface area (TPSA) is 94.6 Å². The molecule has 25 heavy (non-hydrogen) atoms. The lowest BCUT2D eigenvalue weighted by Crippen LogP contribution is -2.20. The largest absolute Gasteiger partial charge is 0.484 e. The Morgan fingerprint density at radius 1 is 1.24 bits per heavy atom. The molecule has 7 heteroatoms. The van der Waals surface area contributed by atoms with Crippen LogP contribution in [-0.2, 0) is 4.79 Å². The number of halogens is 1. The van der Waals surface area contributed by atoms with Gasteiger partial charge in [0.05, 0.1) is 0 Å². The van der Waals surface area contributed by atoms with Gasteiger partial charge in [-0.05, 0) is 37.3 Å². The van der Waals surface area contributed by atoms with Crippen molar-refractivity contribution in [1.82, 2.24) is 0 Å². The van der Waals surface area contributed by atoms with Crippen molar-refractivity contribution in [3.05, 3.63) is 58.8 Å². The van der Waals surface area contributed by atoms with Gasteiger partial charge in [0.25, 0.3) is 11.8 Å². The van der Waals surface area contributed by atoms with Gasteiger partial charge in [-0.15, -0.1) is 0 Å². The Morgan fingerprint density at radius 3 is 2.80 bits per heavy atom. The summed E-state index contributed by atoms with van der Waals surface area (Å²) >= 11 is 5.99. The standard InChI is InChI=1S/C18H15ClN2O4/c1-10-14-7-11(19)5-6-15(14)25-17(10)18(23)21-12-3-2-4-13(8-12)24-9-16(20)22/h2-8H,9H2,1H3,(H2,20,22)(H,21,23). The summed E-state index contributed by atoms with van der Waals surface area (Å²) in [7, 11) is 0. The molecule has 0 saturated heterocycles. The van der Waals surface area contributed by atoms with E-state index in [0.29, 0.717) is 27.6 Å². The number of aryl methyl sites for hydroxylation is 1. The second-order valence-corrected chi connectivity index (χ2v) is 5.87. The molecule has 3 rings (SSSR count). The summed E-state index contributed by atoms with van der Waals surface area (Å²) in [6, 6.07) is 11.8. The lowest BCUT2D eigenvalue weighted by atomic mass is 10.1. The van der Waals surface area contributed by atoms with Gasteiger partial charge in [-0.1, -0.05) is 17.7 Å². The first-order valence-corrected chi connectivity index (χ1v) is 7.83. The zero-order valence-corrected chi connectivity index (χ0v) is 14.1. The SMILES string of the molecule is Cc1c(C(=O)Nc2cccc(OCC(N)=O)c2)oc2ccc(Cl)cc12. The maximum Gasteiger partial charge on any atom is 0.291 e. The van der Waals surface area contributed by atoms with Crippen LogP contribution < -0.4 is 15.8 Å². The van der Waals surface area contributed by atoms with Crippen LogP contribution in [0, 0.1) is 6.92 Å². The number of fused-ring (bicyclic) bond motifs is 1. The van der Waals surface area contributed by atoms with Gasteiger partial charge in [0.15, 0.2) is 12.4 Å². The van der Waals surface area contributed by atoms with E-state index >= 15 is 0 Å². The predicted molar refractivity (Wildman–Crippen MR) is 95.0 cm³/mol. The predicted octanol–water partition coefficient (Wildman–Crippen LogP) is 3.51. The molecule has 0 bridgehead atoms. The lowest BCUT2D eigenvalue weighted by Gasteiger charge is -2.07. The monoisotopic (exact) mass is 358 g/mol. The smallest absolute Gasteiger partial charge is 0.291 e. The zero-order chi connectivity index (χ0) is 18.0. The Bertz CT molecular complexity index is 965. The third-order valence-electron chi connectivity index (χ3n) is 3.58. The molecule has 0 saturated carbocycles. The first kappa shape index (κ1) is 16.9. The summed E-state index contributed by atoms with van der Waals surface area (Å²) in [6.07, 6.45) is 0. The first-order chi connectivity index (χ1) is 11.9. The normalized spacial score (nSPS) is 10.6. The first-order valence-electron chi connectivity index (χ1n) is 7.45.